The van der Waals surface area contributed by atoms with Crippen LogP contribution in [0.15, 0.2) is 16.8 Å². The molecule has 2 aliphatic heterocycles. The Bertz CT molecular complexity index is 477. The summed E-state index contributed by atoms with van der Waals surface area (Å²) in [7, 11) is 0. The number of hydrogen-bond acceptors (Lipinski definition) is 3. The summed E-state index contributed by atoms with van der Waals surface area (Å²) >= 11 is 0. The molecule has 4 nitrogen and oxygen atoms in total. The Kier molecular flexibility index (Phi) is 3.66. The predicted molar refractivity (Wildman–Crippen MR) is 74.9 cm³/mol. The van der Waals surface area contributed by atoms with E-state index in [0.29, 0.717) is 6.42 Å². The number of carbonyl (C=O) groups excluding carboxylic acids is 1. The molecule has 0 unspecified atom stereocenters. The lowest BCUT2D eigenvalue weighted by atomic mass is 10.0. The van der Waals surface area contributed by atoms with Crippen molar-refractivity contribution in [2.75, 3.05) is 6.54 Å². The third-order valence-corrected chi connectivity index (χ3v) is 3.21. The Morgan fingerprint density at radius 3 is 2.89 bits per heavy atom. The van der Waals surface area contributed by atoms with Crippen LogP contribution in [0.5, 0.6) is 0 Å². The van der Waals surface area contributed by atoms with Gasteiger partial charge in [-0.3, -0.25) is 9.89 Å². The van der Waals surface area contributed by atoms with Crippen LogP contribution in [0.25, 0.3) is 0 Å². The molecule has 0 radical (unpaired) electrons. The van der Waals surface area contributed by atoms with Gasteiger partial charge in [0.1, 0.15) is 5.60 Å². The third-order valence-electron chi connectivity index (χ3n) is 3.21. The zero-order valence-corrected chi connectivity index (χ0v) is 11.8. The van der Waals surface area contributed by atoms with Gasteiger partial charge in [-0.05, 0) is 33.6 Å². The molecular formula is C15H20N2O2. The molecule has 1 amide bonds. The summed E-state index contributed by atoms with van der Waals surface area (Å²) in [4.78, 5) is 18.3. The second-order valence-electron chi connectivity index (χ2n) is 5.93. The van der Waals surface area contributed by atoms with Gasteiger partial charge in [-0.25, -0.2) is 4.79 Å². The zero-order chi connectivity index (χ0) is 14.0. The Hall–Kier alpha value is -1.76. The van der Waals surface area contributed by atoms with Crippen LogP contribution in [0, 0.1) is 12.3 Å². The average molecular weight is 260 g/mol. The Balaban J connectivity index is 2.03. The maximum atomic E-state index is 12.2. The molecule has 4 heteroatoms. The van der Waals surface area contributed by atoms with Crippen molar-refractivity contribution in [2.45, 2.75) is 51.7 Å². The minimum Gasteiger partial charge on any atom is -0.444 e. The van der Waals surface area contributed by atoms with E-state index in [9.17, 15) is 4.79 Å². The van der Waals surface area contributed by atoms with E-state index in [1.165, 1.54) is 0 Å². The SMILES string of the molecule is C#CC1=CN=C([C@@H]2CCCN2C(=O)OC(C)(C)C)C1. The summed E-state index contributed by atoms with van der Waals surface area (Å²) in [5.74, 6) is 2.61. The first-order chi connectivity index (χ1) is 8.90. The van der Waals surface area contributed by atoms with Crippen LogP contribution >= 0.6 is 0 Å². The van der Waals surface area contributed by atoms with Crippen molar-refractivity contribution in [1.82, 2.24) is 4.90 Å². The average Bonchev–Trinajstić information content (AvgIpc) is 2.95. The van der Waals surface area contributed by atoms with E-state index in [2.05, 4.69) is 10.9 Å². The molecule has 1 saturated heterocycles. The van der Waals surface area contributed by atoms with Crippen LogP contribution in [0.2, 0.25) is 0 Å². The number of likely N-dealkylation sites (tertiary alicyclic amines) is 1. The number of carbonyl (C=O) groups is 1. The van der Waals surface area contributed by atoms with Crippen molar-refractivity contribution in [3.63, 3.8) is 0 Å². The van der Waals surface area contributed by atoms with Crippen molar-refractivity contribution in [3.05, 3.63) is 11.8 Å². The number of terminal acetylenes is 1. The van der Waals surface area contributed by atoms with Gasteiger partial charge in [0.05, 0.1) is 6.04 Å². The number of aliphatic imine (C=N–C) groups is 1. The number of rotatable bonds is 1. The zero-order valence-electron chi connectivity index (χ0n) is 11.8. The van der Waals surface area contributed by atoms with E-state index < -0.39 is 5.60 Å². The molecule has 0 aromatic heterocycles. The van der Waals surface area contributed by atoms with Crippen LogP contribution < -0.4 is 0 Å². The Morgan fingerprint density at radius 2 is 2.32 bits per heavy atom. The highest BCUT2D eigenvalue weighted by Gasteiger charge is 2.35. The van der Waals surface area contributed by atoms with Gasteiger partial charge in [-0.15, -0.1) is 6.42 Å². The second-order valence-corrected chi connectivity index (χ2v) is 5.93. The molecule has 0 bridgehead atoms. The fourth-order valence-electron chi connectivity index (χ4n) is 2.39. The number of amides is 1. The smallest absolute Gasteiger partial charge is 0.410 e. The normalized spacial score (nSPS) is 22.8. The van der Waals surface area contributed by atoms with Crippen molar-refractivity contribution in [3.8, 4) is 12.3 Å². The fourth-order valence-corrected chi connectivity index (χ4v) is 2.39. The van der Waals surface area contributed by atoms with E-state index >= 15 is 0 Å². The van der Waals surface area contributed by atoms with E-state index in [1.807, 2.05) is 20.8 Å². The second kappa shape index (κ2) is 5.08. The summed E-state index contributed by atoms with van der Waals surface area (Å²) < 4.78 is 5.44. The molecule has 102 valence electrons. The van der Waals surface area contributed by atoms with E-state index in [1.54, 1.807) is 11.1 Å². The summed E-state index contributed by atoms with van der Waals surface area (Å²) in [5.41, 5.74) is 1.39. The topological polar surface area (TPSA) is 41.9 Å². The molecule has 0 aromatic carbocycles. The molecular weight excluding hydrogens is 240 g/mol. The van der Waals surface area contributed by atoms with Gasteiger partial charge in [0.25, 0.3) is 0 Å². The minimum absolute atomic E-state index is 0.0388. The molecule has 2 rings (SSSR count). The molecule has 2 heterocycles. The van der Waals surface area contributed by atoms with Gasteiger partial charge in [0, 0.05) is 30.5 Å². The standard InChI is InChI=1S/C15H20N2O2/c1-5-11-9-12(16-10-11)13-7-6-8-17(13)14(18)19-15(2,3)4/h1,10,13H,6-9H2,2-4H3/t13-/m0/s1. The number of ether oxygens (including phenoxy) is 1. The summed E-state index contributed by atoms with van der Waals surface area (Å²) in [6, 6.07) is 0.0388. The van der Waals surface area contributed by atoms with Crippen LogP contribution in [-0.4, -0.2) is 34.9 Å². The molecule has 0 aliphatic carbocycles. The molecule has 0 aromatic rings. The Labute approximate surface area is 114 Å². The predicted octanol–water partition coefficient (Wildman–Crippen LogP) is 2.75. The Morgan fingerprint density at radius 1 is 1.58 bits per heavy atom. The quantitative estimate of drug-likeness (QED) is 0.680. The van der Waals surface area contributed by atoms with Crippen LogP contribution in [0.3, 0.4) is 0 Å². The third kappa shape index (κ3) is 3.17. The number of hydrogen-bond donors (Lipinski definition) is 0. The summed E-state index contributed by atoms with van der Waals surface area (Å²) in [6.07, 6.45) is 9.44. The first-order valence-electron chi connectivity index (χ1n) is 6.62. The monoisotopic (exact) mass is 260 g/mol. The van der Waals surface area contributed by atoms with E-state index in [0.717, 1.165) is 30.7 Å². The number of nitrogens with zero attached hydrogens (tertiary/aromatic N) is 2. The first kappa shape index (κ1) is 13.7. The molecule has 0 spiro atoms. The molecule has 1 atom stereocenters. The number of allylic oxidation sites excluding steroid dienone is 1. The fraction of sp³-hybridized carbons (Fsp3) is 0.600. The molecule has 0 saturated carbocycles. The van der Waals surface area contributed by atoms with Gasteiger partial charge in [0.2, 0.25) is 0 Å². The van der Waals surface area contributed by atoms with Crippen molar-refractivity contribution >= 4 is 11.8 Å². The largest absolute Gasteiger partial charge is 0.444 e. The first-order valence-corrected chi connectivity index (χ1v) is 6.62. The molecule has 0 N–H and O–H groups in total. The van der Waals surface area contributed by atoms with Gasteiger partial charge >= 0.3 is 6.09 Å². The van der Waals surface area contributed by atoms with Crippen molar-refractivity contribution < 1.29 is 9.53 Å². The molecule has 1 fully saturated rings. The molecule has 2 aliphatic rings. The highest BCUT2D eigenvalue weighted by Crippen LogP contribution is 2.26. The van der Waals surface area contributed by atoms with Gasteiger partial charge in [-0.1, -0.05) is 5.92 Å². The maximum Gasteiger partial charge on any atom is 0.410 e. The highest BCUT2D eigenvalue weighted by molar-refractivity contribution is 5.96. The summed E-state index contributed by atoms with van der Waals surface area (Å²) in [6.45, 7) is 6.35. The maximum absolute atomic E-state index is 12.2. The van der Waals surface area contributed by atoms with E-state index in [-0.39, 0.29) is 12.1 Å². The minimum atomic E-state index is -0.468. The lowest BCUT2D eigenvalue weighted by Crippen LogP contribution is -2.43. The summed E-state index contributed by atoms with van der Waals surface area (Å²) in [5, 5.41) is 0. The highest BCUT2D eigenvalue weighted by atomic mass is 16.6. The van der Waals surface area contributed by atoms with Crippen LogP contribution in [-0.2, 0) is 4.74 Å². The van der Waals surface area contributed by atoms with Gasteiger partial charge in [-0.2, -0.15) is 0 Å². The van der Waals surface area contributed by atoms with Gasteiger partial charge in [0.15, 0.2) is 0 Å². The lowest BCUT2D eigenvalue weighted by molar-refractivity contribution is 0.0265. The van der Waals surface area contributed by atoms with Gasteiger partial charge < -0.3 is 4.74 Å². The molecule has 19 heavy (non-hydrogen) atoms. The van der Waals surface area contributed by atoms with Crippen molar-refractivity contribution in [1.29, 1.82) is 0 Å². The van der Waals surface area contributed by atoms with Crippen LogP contribution in [0.4, 0.5) is 4.79 Å². The van der Waals surface area contributed by atoms with E-state index in [4.69, 9.17) is 11.2 Å². The van der Waals surface area contributed by atoms with Crippen molar-refractivity contribution in [2.24, 2.45) is 4.99 Å². The lowest BCUT2D eigenvalue weighted by Gasteiger charge is -2.28. The van der Waals surface area contributed by atoms with Crippen LogP contribution in [0.1, 0.15) is 40.0 Å².